The number of rotatable bonds is 4. The van der Waals surface area contributed by atoms with Crippen LogP contribution in [-0.2, 0) is 4.79 Å². The van der Waals surface area contributed by atoms with E-state index in [1.54, 1.807) is 0 Å². The molecule has 3 nitrogen and oxygen atoms in total. The van der Waals surface area contributed by atoms with Crippen LogP contribution >= 0.6 is 11.8 Å². The van der Waals surface area contributed by atoms with Crippen LogP contribution in [0.4, 0.5) is 0 Å². The number of amides is 1. The topological polar surface area (TPSA) is 46.3 Å². The van der Waals surface area contributed by atoms with Gasteiger partial charge in [0.25, 0.3) is 0 Å². The van der Waals surface area contributed by atoms with Crippen LogP contribution < -0.4 is 5.73 Å². The highest BCUT2D eigenvalue weighted by molar-refractivity contribution is 8.00. The Bertz CT molecular complexity index is 437. The number of nitrogens with zero attached hydrogens (tertiary/aromatic N) is 1. The van der Waals surface area contributed by atoms with E-state index in [0.29, 0.717) is 24.1 Å². The van der Waals surface area contributed by atoms with Crippen LogP contribution in [0.1, 0.15) is 38.3 Å². The summed E-state index contributed by atoms with van der Waals surface area (Å²) in [6.45, 7) is 5.21. The third kappa shape index (κ3) is 3.76. The van der Waals surface area contributed by atoms with Gasteiger partial charge in [-0.15, -0.1) is 0 Å². The van der Waals surface area contributed by atoms with Crippen LogP contribution in [0.3, 0.4) is 0 Å². The molecule has 0 radical (unpaired) electrons. The van der Waals surface area contributed by atoms with Crippen molar-refractivity contribution in [2.45, 2.75) is 44.0 Å². The number of thioether (sulfide) groups is 1. The molecule has 0 aromatic heterocycles. The fourth-order valence-electron chi connectivity index (χ4n) is 2.57. The molecule has 0 bridgehead atoms. The molecule has 1 aliphatic heterocycles. The van der Waals surface area contributed by atoms with Crippen molar-refractivity contribution in [2.24, 2.45) is 5.73 Å². The van der Waals surface area contributed by atoms with E-state index in [1.807, 2.05) is 47.0 Å². The average molecular weight is 292 g/mol. The molecule has 1 fully saturated rings. The van der Waals surface area contributed by atoms with Crippen LogP contribution in [0.2, 0.25) is 0 Å². The molecular weight excluding hydrogens is 268 g/mol. The van der Waals surface area contributed by atoms with Gasteiger partial charge in [-0.3, -0.25) is 4.79 Å². The summed E-state index contributed by atoms with van der Waals surface area (Å²) in [4.78, 5) is 14.4. The zero-order chi connectivity index (χ0) is 14.5. The highest BCUT2D eigenvalue weighted by Gasteiger charge is 2.28. The second-order valence-electron chi connectivity index (χ2n) is 5.46. The quantitative estimate of drug-likeness (QED) is 0.928. The minimum absolute atomic E-state index is 0.0490. The molecule has 1 aliphatic rings. The lowest BCUT2D eigenvalue weighted by molar-refractivity contribution is -0.133. The van der Waals surface area contributed by atoms with E-state index >= 15 is 0 Å². The molecule has 1 heterocycles. The lowest BCUT2D eigenvalue weighted by Crippen LogP contribution is -2.48. The van der Waals surface area contributed by atoms with E-state index < -0.39 is 0 Å². The van der Waals surface area contributed by atoms with Crippen LogP contribution in [0, 0.1) is 0 Å². The summed E-state index contributed by atoms with van der Waals surface area (Å²) in [6.07, 6.45) is 1.26. The summed E-state index contributed by atoms with van der Waals surface area (Å²) in [5.74, 6) is 1.29. The van der Waals surface area contributed by atoms with E-state index in [0.717, 1.165) is 17.9 Å². The molecule has 20 heavy (non-hydrogen) atoms. The summed E-state index contributed by atoms with van der Waals surface area (Å²) in [5, 5.41) is 0.524. The van der Waals surface area contributed by atoms with Crippen molar-refractivity contribution < 1.29 is 4.79 Å². The van der Waals surface area contributed by atoms with Crippen LogP contribution in [-0.4, -0.2) is 34.4 Å². The second kappa shape index (κ2) is 7.14. The number of nitrogens with two attached hydrogens (primary N) is 1. The Balaban J connectivity index is 1.86. The number of hydrogen-bond donors (Lipinski definition) is 1. The summed E-state index contributed by atoms with van der Waals surface area (Å²) in [5.41, 5.74) is 7.27. The minimum atomic E-state index is -0.0490. The first-order chi connectivity index (χ1) is 9.59. The molecule has 110 valence electrons. The van der Waals surface area contributed by atoms with E-state index in [2.05, 4.69) is 13.8 Å². The Hall–Kier alpha value is -1.00. The molecular formula is C16H24N2OS. The van der Waals surface area contributed by atoms with Gasteiger partial charge in [0.05, 0.1) is 0 Å². The third-order valence-corrected chi connectivity index (χ3v) is 5.44. The van der Waals surface area contributed by atoms with Gasteiger partial charge in [0, 0.05) is 36.1 Å². The highest BCUT2D eigenvalue weighted by Crippen LogP contribution is 2.25. The molecule has 1 aromatic rings. The van der Waals surface area contributed by atoms with E-state index in [9.17, 15) is 4.79 Å². The summed E-state index contributed by atoms with van der Waals surface area (Å²) >= 11 is 1.95. The Morgan fingerprint density at radius 2 is 2.10 bits per heavy atom. The van der Waals surface area contributed by atoms with Gasteiger partial charge >= 0.3 is 0 Å². The lowest BCUT2D eigenvalue weighted by atomic mass is 10.0. The predicted octanol–water partition coefficient (Wildman–Crippen LogP) is 2.82. The Labute approximate surface area is 125 Å². The van der Waals surface area contributed by atoms with E-state index in [-0.39, 0.29) is 11.9 Å². The fourth-order valence-corrected chi connectivity index (χ4v) is 3.67. The van der Waals surface area contributed by atoms with Gasteiger partial charge in [-0.05, 0) is 18.9 Å². The number of carbonyl (C=O) groups is 1. The fraction of sp³-hybridized carbons (Fsp3) is 0.562. The van der Waals surface area contributed by atoms with Crippen LogP contribution in [0.5, 0.6) is 0 Å². The van der Waals surface area contributed by atoms with Gasteiger partial charge in [0.15, 0.2) is 0 Å². The second-order valence-corrected chi connectivity index (χ2v) is 6.94. The number of benzene rings is 1. The van der Waals surface area contributed by atoms with Gasteiger partial charge in [-0.25, -0.2) is 0 Å². The Kier molecular flexibility index (Phi) is 5.49. The molecule has 1 amide bonds. The number of carbonyl (C=O) groups excluding carboxylic acids is 1. The third-order valence-electron chi connectivity index (χ3n) is 4.10. The average Bonchev–Trinajstić information content (AvgIpc) is 2.48. The van der Waals surface area contributed by atoms with Crippen molar-refractivity contribution in [3.8, 4) is 0 Å². The van der Waals surface area contributed by atoms with Crippen molar-refractivity contribution in [3.63, 3.8) is 0 Å². The highest BCUT2D eigenvalue weighted by atomic mass is 32.2. The van der Waals surface area contributed by atoms with Crippen molar-refractivity contribution in [1.29, 1.82) is 0 Å². The maximum absolute atomic E-state index is 12.4. The largest absolute Gasteiger partial charge is 0.338 e. The molecule has 3 atom stereocenters. The molecule has 3 unspecified atom stereocenters. The van der Waals surface area contributed by atoms with Crippen LogP contribution in [0.15, 0.2) is 30.3 Å². The molecule has 2 N–H and O–H groups in total. The van der Waals surface area contributed by atoms with Crippen molar-refractivity contribution in [2.75, 3.05) is 12.3 Å². The SMILES string of the molecule is CC1SCCN(C(=O)CCC(N)c2ccccc2)C1C. The summed E-state index contributed by atoms with van der Waals surface area (Å²) in [7, 11) is 0. The number of hydrogen-bond acceptors (Lipinski definition) is 3. The molecule has 2 rings (SSSR count). The lowest BCUT2D eigenvalue weighted by Gasteiger charge is -2.37. The smallest absolute Gasteiger partial charge is 0.222 e. The maximum Gasteiger partial charge on any atom is 0.222 e. The molecule has 0 spiro atoms. The zero-order valence-electron chi connectivity index (χ0n) is 12.3. The van der Waals surface area contributed by atoms with Gasteiger partial charge < -0.3 is 10.6 Å². The minimum Gasteiger partial charge on any atom is -0.338 e. The normalized spacial score (nSPS) is 24.4. The zero-order valence-corrected chi connectivity index (χ0v) is 13.1. The molecule has 0 saturated carbocycles. The van der Waals surface area contributed by atoms with Crippen molar-refractivity contribution in [1.82, 2.24) is 4.90 Å². The predicted molar refractivity (Wildman–Crippen MR) is 85.7 cm³/mol. The van der Waals surface area contributed by atoms with Crippen molar-refractivity contribution in [3.05, 3.63) is 35.9 Å². The molecule has 1 aromatic carbocycles. The molecule has 1 saturated heterocycles. The van der Waals surface area contributed by atoms with Crippen molar-refractivity contribution >= 4 is 17.7 Å². The van der Waals surface area contributed by atoms with Gasteiger partial charge in [0.1, 0.15) is 0 Å². The van der Waals surface area contributed by atoms with Gasteiger partial charge in [0.2, 0.25) is 5.91 Å². The van der Waals surface area contributed by atoms with Crippen LogP contribution in [0.25, 0.3) is 0 Å². The van der Waals surface area contributed by atoms with E-state index in [1.165, 1.54) is 0 Å². The van der Waals surface area contributed by atoms with Gasteiger partial charge in [-0.1, -0.05) is 37.3 Å². The Morgan fingerprint density at radius 1 is 1.40 bits per heavy atom. The first-order valence-corrected chi connectivity index (χ1v) is 8.36. The molecule has 0 aliphatic carbocycles. The standard InChI is InChI=1S/C16H24N2OS/c1-12-13(2)20-11-10-18(12)16(19)9-8-15(17)14-6-4-3-5-7-14/h3-7,12-13,15H,8-11,17H2,1-2H3. The summed E-state index contributed by atoms with van der Waals surface area (Å²) < 4.78 is 0. The Morgan fingerprint density at radius 3 is 2.80 bits per heavy atom. The first-order valence-electron chi connectivity index (χ1n) is 7.31. The van der Waals surface area contributed by atoms with Gasteiger partial charge in [-0.2, -0.15) is 11.8 Å². The summed E-state index contributed by atoms with van der Waals surface area (Å²) in [6, 6.07) is 10.3. The maximum atomic E-state index is 12.4. The molecule has 4 heteroatoms. The first kappa shape index (κ1) is 15.4. The van der Waals surface area contributed by atoms with E-state index in [4.69, 9.17) is 5.73 Å². The monoisotopic (exact) mass is 292 g/mol.